The summed E-state index contributed by atoms with van der Waals surface area (Å²) in [6.45, 7) is 3.01. The zero-order chi connectivity index (χ0) is 26.0. The van der Waals surface area contributed by atoms with Gasteiger partial charge in [0, 0.05) is 26.4 Å². The molecule has 4 rings (SSSR count). The SMILES string of the molecule is COCCN1C(=O)/C(=C/c2c(N3CCNC(=O)C3CC(=O)OC)nc3c(C)cccn3c2=O)SC1=S. The number of hydrogen-bond acceptors (Lipinski definition) is 10. The van der Waals surface area contributed by atoms with Gasteiger partial charge in [-0.1, -0.05) is 30.0 Å². The van der Waals surface area contributed by atoms with Crippen molar-refractivity contribution >= 4 is 63.6 Å². The summed E-state index contributed by atoms with van der Waals surface area (Å²) in [5.74, 6) is -1.09. The summed E-state index contributed by atoms with van der Waals surface area (Å²) in [7, 11) is 2.78. The predicted octanol–water partition coefficient (Wildman–Crippen LogP) is 0.718. The molecule has 0 saturated carbocycles. The molecule has 2 aromatic heterocycles. The number of rotatable bonds is 7. The monoisotopic (exact) mass is 531 g/mol. The number of methoxy groups -OCH3 is 2. The highest BCUT2D eigenvalue weighted by molar-refractivity contribution is 8.26. The summed E-state index contributed by atoms with van der Waals surface area (Å²) >= 11 is 6.44. The number of aromatic nitrogens is 2. The second kappa shape index (κ2) is 10.8. The van der Waals surface area contributed by atoms with Crippen LogP contribution >= 0.6 is 24.0 Å². The number of thioether (sulfide) groups is 1. The van der Waals surface area contributed by atoms with Crippen molar-refractivity contribution in [2.75, 3.05) is 45.4 Å². The number of thiocarbonyl (C=S) groups is 1. The molecule has 0 bridgehead atoms. The van der Waals surface area contributed by atoms with Gasteiger partial charge in [0.05, 0.1) is 37.2 Å². The number of anilines is 1. The van der Waals surface area contributed by atoms with E-state index in [0.29, 0.717) is 29.7 Å². The Labute approximate surface area is 216 Å². The number of carbonyl (C=O) groups is 3. The van der Waals surface area contributed by atoms with Crippen LogP contribution in [0, 0.1) is 6.92 Å². The van der Waals surface area contributed by atoms with E-state index >= 15 is 0 Å². The molecule has 2 amide bonds. The van der Waals surface area contributed by atoms with Crippen LogP contribution in [0.25, 0.3) is 11.7 Å². The topological polar surface area (TPSA) is 123 Å². The molecule has 11 nitrogen and oxygen atoms in total. The lowest BCUT2D eigenvalue weighted by Crippen LogP contribution is -2.57. The van der Waals surface area contributed by atoms with Gasteiger partial charge in [0.15, 0.2) is 0 Å². The molecule has 190 valence electrons. The van der Waals surface area contributed by atoms with E-state index in [-0.39, 0.29) is 41.1 Å². The molecule has 0 aliphatic carbocycles. The van der Waals surface area contributed by atoms with E-state index in [2.05, 4.69) is 5.32 Å². The highest BCUT2D eigenvalue weighted by Gasteiger charge is 2.36. The standard InChI is InChI=1S/C23H25N5O6S2/c1-13-5-4-7-27-18(13)25-19(26-8-6-24-20(30)15(26)12-17(29)34-3)14(21(27)31)11-16-22(32)28(9-10-33-2)23(35)36-16/h4-5,7,11,15H,6,8-10,12H2,1-3H3,(H,24,30)/b16-11-. The van der Waals surface area contributed by atoms with Crippen LogP contribution < -0.4 is 15.8 Å². The molecular weight excluding hydrogens is 506 g/mol. The van der Waals surface area contributed by atoms with Crippen LogP contribution in [-0.4, -0.2) is 82.9 Å². The minimum atomic E-state index is -0.937. The van der Waals surface area contributed by atoms with E-state index < -0.39 is 17.6 Å². The van der Waals surface area contributed by atoms with Gasteiger partial charge in [-0.05, 0) is 24.6 Å². The zero-order valence-corrected chi connectivity index (χ0v) is 21.6. The number of amides is 2. The maximum atomic E-state index is 13.7. The van der Waals surface area contributed by atoms with Gasteiger partial charge < -0.3 is 19.7 Å². The molecule has 2 aliphatic rings. The minimum Gasteiger partial charge on any atom is -0.469 e. The maximum absolute atomic E-state index is 13.7. The number of piperazine rings is 1. The van der Waals surface area contributed by atoms with Gasteiger partial charge in [-0.3, -0.25) is 28.5 Å². The van der Waals surface area contributed by atoms with Crippen LogP contribution in [0.5, 0.6) is 0 Å². The summed E-state index contributed by atoms with van der Waals surface area (Å²) in [6.07, 6.45) is 2.83. The van der Waals surface area contributed by atoms with Crippen LogP contribution in [0.3, 0.4) is 0 Å². The molecule has 2 aliphatic heterocycles. The fourth-order valence-corrected chi connectivity index (χ4v) is 5.35. The minimum absolute atomic E-state index is 0.120. The first kappa shape index (κ1) is 25.8. The van der Waals surface area contributed by atoms with E-state index in [4.69, 9.17) is 26.7 Å². The fraction of sp³-hybridized carbons (Fsp3) is 0.391. The maximum Gasteiger partial charge on any atom is 0.308 e. The van der Waals surface area contributed by atoms with Gasteiger partial charge in [0.2, 0.25) is 5.91 Å². The third kappa shape index (κ3) is 4.86. The molecule has 0 radical (unpaired) electrons. The van der Waals surface area contributed by atoms with Crippen LogP contribution in [0.15, 0.2) is 28.0 Å². The molecule has 4 heterocycles. The van der Waals surface area contributed by atoms with Crippen molar-refractivity contribution in [3.05, 3.63) is 44.7 Å². The number of hydrogen-bond donors (Lipinski definition) is 1. The first-order valence-electron chi connectivity index (χ1n) is 11.1. The molecule has 2 saturated heterocycles. The number of nitrogens with one attached hydrogen (secondary N) is 1. The smallest absolute Gasteiger partial charge is 0.308 e. The number of pyridine rings is 1. The van der Waals surface area contributed by atoms with Gasteiger partial charge in [0.25, 0.3) is 11.5 Å². The van der Waals surface area contributed by atoms with Crippen molar-refractivity contribution in [3.63, 3.8) is 0 Å². The highest BCUT2D eigenvalue weighted by Crippen LogP contribution is 2.34. The molecule has 0 aromatic carbocycles. The van der Waals surface area contributed by atoms with Gasteiger partial charge >= 0.3 is 5.97 Å². The normalized spacial score (nSPS) is 19.4. The average molecular weight is 532 g/mol. The van der Waals surface area contributed by atoms with Crippen molar-refractivity contribution in [2.24, 2.45) is 0 Å². The van der Waals surface area contributed by atoms with Gasteiger partial charge in [-0.15, -0.1) is 0 Å². The quantitative estimate of drug-likeness (QED) is 0.311. The van der Waals surface area contributed by atoms with Crippen LogP contribution in [-0.2, 0) is 23.9 Å². The molecule has 13 heteroatoms. The van der Waals surface area contributed by atoms with Crippen molar-refractivity contribution in [2.45, 2.75) is 19.4 Å². The Morgan fingerprint density at radius 3 is 2.83 bits per heavy atom. The molecule has 1 unspecified atom stereocenters. The Balaban J connectivity index is 1.89. The second-order valence-electron chi connectivity index (χ2n) is 8.15. The molecule has 2 aromatic rings. The van der Waals surface area contributed by atoms with Crippen LogP contribution in [0.2, 0.25) is 0 Å². The van der Waals surface area contributed by atoms with Crippen molar-refractivity contribution in [1.82, 2.24) is 19.6 Å². The molecule has 0 spiro atoms. The Morgan fingerprint density at radius 2 is 2.11 bits per heavy atom. The van der Waals surface area contributed by atoms with Crippen LogP contribution in [0.1, 0.15) is 17.5 Å². The van der Waals surface area contributed by atoms with Crippen molar-refractivity contribution < 1.29 is 23.9 Å². The summed E-state index contributed by atoms with van der Waals surface area (Å²) in [5.41, 5.74) is 0.864. The number of esters is 1. The van der Waals surface area contributed by atoms with E-state index in [1.165, 1.54) is 29.6 Å². The van der Waals surface area contributed by atoms with Gasteiger partial charge in [-0.2, -0.15) is 0 Å². The van der Waals surface area contributed by atoms with E-state index in [0.717, 1.165) is 17.3 Å². The average Bonchev–Trinajstić information content (AvgIpc) is 3.13. The zero-order valence-electron chi connectivity index (χ0n) is 20.0. The molecule has 2 fully saturated rings. The number of aryl methyl sites for hydroxylation is 1. The summed E-state index contributed by atoms with van der Waals surface area (Å²) < 4.78 is 11.6. The molecule has 36 heavy (non-hydrogen) atoms. The molecular formula is C23H25N5O6S2. The first-order chi connectivity index (χ1) is 17.3. The number of fused-ring (bicyclic) bond motifs is 1. The molecule has 1 atom stereocenters. The number of ether oxygens (including phenoxy) is 2. The lowest BCUT2D eigenvalue weighted by molar-refractivity contribution is -0.143. The summed E-state index contributed by atoms with van der Waals surface area (Å²) in [4.78, 5) is 59.7. The highest BCUT2D eigenvalue weighted by atomic mass is 32.2. The van der Waals surface area contributed by atoms with E-state index in [9.17, 15) is 19.2 Å². The van der Waals surface area contributed by atoms with Gasteiger partial charge in [0.1, 0.15) is 21.8 Å². The fourth-order valence-electron chi connectivity index (χ4n) is 4.06. The Bertz CT molecular complexity index is 1340. The second-order valence-corrected chi connectivity index (χ2v) is 9.82. The third-order valence-corrected chi connectivity index (χ3v) is 7.30. The predicted molar refractivity (Wildman–Crippen MR) is 139 cm³/mol. The summed E-state index contributed by atoms with van der Waals surface area (Å²) in [5, 5.41) is 2.75. The molecule has 1 N–H and O–H groups in total. The lowest BCUT2D eigenvalue weighted by Gasteiger charge is -2.36. The Hall–Kier alpha value is -3.29. The first-order valence-corrected chi connectivity index (χ1v) is 12.4. The number of carbonyl (C=O) groups excluding carboxylic acids is 3. The van der Waals surface area contributed by atoms with E-state index in [1.54, 1.807) is 17.2 Å². The van der Waals surface area contributed by atoms with Crippen LogP contribution in [0.4, 0.5) is 5.82 Å². The van der Waals surface area contributed by atoms with Crippen molar-refractivity contribution in [1.29, 1.82) is 0 Å². The van der Waals surface area contributed by atoms with Gasteiger partial charge in [-0.25, -0.2) is 4.98 Å². The third-order valence-electron chi connectivity index (χ3n) is 5.92. The van der Waals surface area contributed by atoms with Crippen molar-refractivity contribution in [3.8, 4) is 0 Å². The largest absolute Gasteiger partial charge is 0.469 e. The van der Waals surface area contributed by atoms with E-state index in [1.807, 2.05) is 13.0 Å². The lowest BCUT2D eigenvalue weighted by atomic mass is 10.1. The summed E-state index contributed by atoms with van der Waals surface area (Å²) in [6, 6.07) is 2.61. The Morgan fingerprint density at radius 1 is 1.33 bits per heavy atom. The number of nitrogens with zero attached hydrogens (tertiary/aromatic N) is 4. The Kier molecular flexibility index (Phi) is 7.71.